The number of benzene rings is 3. The number of hydrogen-bond donors (Lipinski definition) is 2. The van der Waals surface area contributed by atoms with Crippen molar-refractivity contribution in [3.05, 3.63) is 94.5 Å². The van der Waals surface area contributed by atoms with Crippen LogP contribution in [-0.4, -0.2) is 26.4 Å². The summed E-state index contributed by atoms with van der Waals surface area (Å²) in [6.07, 6.45) is -3.57. The lowest BCUT2D eigenvalue weighted by atomic mass is 10.0. The third-order valence-electron chi connectivity index (χ3n) is 4.23. The van der Waals surface area contributed by atoms with Crippen molar-refractivity contribution in [2.75, 3.05) is 11.6 Å². The molecular formula is C22H17ClF3N3O4S. The van der Waals surface area contributed by atoms with Crippen molar-refractivity contribution in [1.29, 1.82) is 0 Å². The Balaban J connectivity index is 1.81. The molecule has 0 unspecified atom stereocenters. The number of alkyl halides is 3. The number of hydrazone groups is 1. The van der Waals surface area contributed by atoms with Crippen LogP contribution in [0.3, 0.4) is 0 Å². The van der Waals surface area contributed by atoms with Gasteiger partial charge in [-0.05, 0) is 60.7 Å². The van der Waals surface area contributed by atoms with Gasteiger partial charge in [0.15, 0.2) is 0 Å². The fourth-order valence-corrected chi connectivity index (χ4v) is 3.34. The second kappa shape index (κ2) is 10.1. The molecule has 0 fully saturated rings. The van der Waals surface area contributed by atoms with Crippen molar-refractivity contribution < 1.29 is 30.6 Å². The summed E-state index contributed by atoms with van der Waals surface area (Å²) < 4.78 is 65.5. The van der Waals surface area contributed by atoms with E-state index in [1.54, 1.807) is 36.4 Å². The van der Waals surface area contributed by atoms with Crippen molar-refractivity contribution >= 4 is 39.1 Å². The zero-order valence-electron chi connectivity index (χ0n) is 17.4. The molecule has 2 amide bonds. The Morgan fingerprint density at radius 1 is 0.912 bits per heavy atom. The molecule has 0 aliphatic carbocycles. The van der Waals surface area contributed by atoms with E-state index >= 15 is 0 Å². The van der Waals surface area contributed by atoms with E-state index in [0.717, 1.165) is 30.5 Å². The van der Waals surface area contributed by atoms with Crippen LogP contribution in [0.2, 0.25) is 5.02 Å². The molecule has 0 atom stereocenters. The molecule has 0 aromatic heterocycles. The minimum Gasteiger partial charge on any atom is -0.383 e. The number of hydrogen-bond acceptors (Lipinski definition) is 5. The van der Waals surface area contributed by atoms with E-state index in [1.807, 2.05) is 0 Å². The first-order chi connectivity index (χ1) is 15.9. The van der Waals surface area contributed by atoms with Gasteiger partial charge in [-0.2, -0.15) is 26.7 Å². The molecule has 0 radical (unpaired) electrons. The molecule has 0 saturated carbocycles. The highest BCUT2D eigenvalue weighted by Gasteiger charge is 2.30. The summed E-state index contributed by atoms with van der Waals surface area (Å²) in [5.74, 6) is 0.0923. The van der Waals surface area contributed by atoms with E-state index < -0.39 is 27.9 Å². The van der Waals surface area contributed by atoms with E-state index in [9.17, 15) is 26.4 Å². The molecule has 178 valence electrons. The highest BCUT2D eigenvalue weighted by Crippen LogP contribution is 2.29. The molecule has 0 aliphatic heterocycles. The summed E-state index contributed by atoms with van der Waals surface area (Å²) in [5, 5.41) is 6.99. The number of halogens is 4. The van der Waals surface area contributed by atoms with E-state index in [2.05, 4.69) is 15.8 Å². The molecule has 2 N–H and O–H groups in total. The molecule has 3 rings (SSSR count). The molecule has 7 nitrogen and oxygen atoms in total. The first-order valence-corrected chi connectivity index (χ1v) is 11.7. The van der Waals surface area contributed by atoms with Crippen LogP contribution in [0.25, 0.3) is 0 Å². The van der Waals surface area contributed by atoms with Gasteiger partial charge in [0.25, 0.3) is 0 Å². The zero-order valence-corrected chi connectivity index (χ0v) is 19.0. The maximum absolute atomic E-state index is 12.7. The Kier molecular flexibility index (Phi) is 7.48. The van der Waals surface area contributed by atoms with Crippen LogP contribution < -0.4 is 14.9 Å². The number of carbonyl (C=O) groups is 1. The van der Waals surface area contributed by atoms with Gasteiger partial charge in [-0.15, -0.1) is 0 Å². The standard InChI is InChI=1S/C22H17ClF3N3O4S/c1-34(31,32)33-19-12-4-15(5-13-19)20(14-2-8-17(23)9-3-14)28-29-21(30)27-18-10-6-16(7-11-18)22(24,25)26/h2-13H,1H3,(H2,27,29,30)/b28-20+. The summed E-state index contributed by atoms with van der Waals surface area (Å²) in [4.78, 5) is 12.3. The molecule has 0 aliphatic rings. The monoisotopic (exact) mass is 511 g/mol. The summed E-state index contributed by atoms with van der Waals surface area (Å²) in [5.41, 5.74) is 2.99. The van der Waals surface area contributed by atoms with Gasteiger partial charge in [-0.1, -0.05) is 23.7 Å². The molecular weight excluding hydrogens is 495 g/mol. The molecule has 3 aromatic rings. The highest BCUT2D eigenvalue weighted by molar-refractivity contribution is 7.86. The normalized spacial score (nSPS) is 12.2. The van der Waals surface area contributed by atoms with E-state index in [1.165, 1.54) is 12.1 Å². The van der Waals surface area contributed by atoms with Gasteiger partial charge in [0, 0.05) is 21.8 Å². The number of amides is 2. The third-order valence-corrected chi connectivity index (χ3v) is 4.98. The maximum atomic E-state index is 12.7. The predicted molar refractivity (Wildman–Crippen MR) is 123 cm³/mol. The Hall–Kier alpha value is -3.57. The Bertz CT molecular complexity index is 1290. The fourth-order valence-electron chi connectivity index (χ4n) is 2.75. The first-order valence-electron chi connectivity index (χ1n) is 9.48. The second-order valence-electron chi connectivity index (χ2n) is 6.92. The van der Waals surface area contributed by atoms with Crippen molar-refractivity contribution in [2.24, 2.45) is 5.10 Å². The average Bonchev–Trinajstić information content (AvgIpc) is 2.75. The lowest BCUT2D eigenvalue weighted by Gasteiger charge is -2.11. The van der Waals surface area contributed by atoms with Crippen LogP contribution in [0.4, 0.5) is 23.7 Å². The van der Waals surface area contributed by atoms with Crippen molar-refractivity contribution in [3.63, 3.8) is 0 Å². The molecule has 0 spiro atoms. The van der Waals surface area contributed by atoms with Gasteiger partial charge in [0.1, 0.15) is 5.75 Å². The third kappa shape index (κ3) is 7.22. The smallest absolute Gasteiger partial charge is 0.383 e. The molecule has 0 heterocycles. The largest absolute Gasteiger partial charge is 0.416 e. The Morgan fingerprint density at radius 2 is 1.44 bits per heavy atom. The molecule has 12 heteroatoms. The quantitative estimate of drug-likeness (QED) is 0.267. The summed E-state index contributed by atoms with van der Waals surface area (Å²) in [7, 11) is -3.70. The average molecular weight is 512 g/mol. The van der Waals surface area contributed by atoms with Gasteiger partial charge in [0.05, 0.1) is 17.5 Å². The summed E-state index contributed by atoms with van der Waals surface area (Å²) >= 11 is 5.94. The van der Waals surface area contributed by atoms with Gasteiger partial charge in [-0.25, -0.2) is 10.2 Å². The fraction of sp³-hybridized carbons (Fsp3) is 0.0909. The van der Waals surface area contributed by atoms with Crippen LogP contribution in [0.1, 0.15) is 16.7 Å². The number of carbonyl (C=O) groups excluding carboxylic acids is 1. The molecule has 0 saturated heterocycles. The van der Waals surface area contributed by atoms with E-state index in [-0.39, 0.29) is 11.4 Å². The lowest BCUT2D eigenvalue weighted by Crippen LogP contribution is -2.26. The highest BCUT2D eigenvalue weighted by atomic mass is 35.5. The van der Waals surface area contributed by atoms with Gasteiger partial charge in [-0.3, -0.25) is 0 Å². The van der Waals surface area contributed by atoms with Crippen LogP contribution in [0.5, 0.6) is 5.75 Å². The summed E-state index contributed by atoms with van der Waals surface area (Å²) in [6.45, 7) is 0. The Morgan fingerprint density at radius 3 is 1.94 bits per heavy atom. The Labute approximate surface area is 198 Å². The minimum atomic E-state index is -4.49. The number of nitrogens with one attached hydrogen (secondary N) is 2. The zero-order chi connectivity index (χ0) is 24.9. The van der Waals surface area contributed by atoms with E-state index in [4.69, 9.17) is 15.8 Å². The van der Waals surface area contributed by atoms with E-state index in [0.29, 0.717) is 21.9 Å². The maximum Gasteiger partial charge on any atom is 0.416 e. The SMILES string of the molecule is CS(=O)(=O)Oc1ccc(/C(=N/NC(=O)Nc2ccc(C(F)(F)F)cc2)c2ccc(Cl)cc2)cc1. The lowest BCUT2D eigenvalue weighted by molar-refractivity contribution is -0.137. The van der Waals surface area contributed by atoms with Crippen molar-refractivity contribution in [3.8, 4) is 5.75 Å². The molecule has 3 aromatic carbocycles. The number of urea groups is 1. The van der Waals surface area contributed by atoms with Crippen molar-refractivity contribution in [1.82, 2.24) is 5.43 Å². The molecule has 34 heavy (non-hydrogen) atoms. The van der Waals surface area contributed by atoms with Crippen LogP contribution >= 0.6 is 11.6 Å². The van der Waals surface area contributed by atoms with Gasteiger partial charge >= 0.3 is 22.3 Å². The first kappa shape index (κ1) is 25.1. The van der Waals surface area contributed by atoms with Gasteiger partial charge in [0.2, 0.25) is 0 Å². The molecule has 0 bridgehead atoms. The minimum absolute atomic E-state index is 0.0923. The van der Waals surface area contributed by atoms with Crippen molar-refractivity contribution in [2.45, 2.75) is 6.18 Å². The predicted octanol–water partition coefficient (Wildman–Crippen LogP) is 5.27. The topological polar surface area (TPSA) is 96.9 Å². The number of rotatable bonds is 6. The van der Waals surface area contributed by atoms with Crippen LogP contribution in [0.15, 0.2) is 77.9 Å². The summed E-state index contributed by atoms with van der Waals surface area (Å²) in [6, 6.07) is 15.6. The van der Waals surface area contributed by atoms with Crippen LogP contribution in [-0.2, 0) is 16.3 Å². The van der Waals surface area contributed by atoms with Gasteiger partial charge < -0.3 is 9.50 Å². The number of nitrogens with zero attached hydrogens (tertiary/aromatic N) is 1. The number of anilines is 1. The van der Waals surface area contributed by atoms with Crippen LogP contribution in [0, 0.1) is 0 Å². The second-order valence-corrected chi connectivity index (χ2v) is 8.93.